The van der Waals surface area contributed by atoms with E-state index in [1.54, 1.807) is 26.4 Å². The van der Waals surface area contributed by atoms with E-state index < -0.39 is 0 Å². The molecule has 0 atom stereocenters. The number of carbonyl (C=O) groups excluding carboxylic acids is 1. The monoisotopic (exact) mass is 409 g/mol. The minimum Gasteiger partial charge on any atom is -0.493 e. The minimum atomic E-state index is -0.139. The van der Waals surface area contributed by atoms with Gasteiger partial charge in [-0.1, -0.05) is 18.2 Å². The highest BCUT2D eigenvalue weighted by Gasteiger charge is 2.20. The van der Waals surface area contributed by atoms with Gasteiger partial charge in [0.2, 0.25) is 0 Å². The number of anilines is 1. The molecule has 2 heterocycles. The Morgan fingerprint density at radius 1 is 1.14 bits per heavy atom. The first-order valence-electron chi connectivity index (χ1n) is 9.43. The highest BCUT2D eigenvalue weighted by Crippen LogP contribution is 2.33. The minimum absolute atomic E-state index is 0.139. The normalized spacial score (nSPS) is 13.6. The van der Waals surface area contributed by atoms with E-state index in [4.69, 9.17) is 9.47 Å². The second-order valence-electron chi connectivity index (χ2n) is 6.90. The molecule has 1 aliphatic heterocycles. The molecular formula is C22H23N3O3S. The van der Waals surface area contributed by atoms with E-state index in [0.29, 0.717) is 10.7 Å². The number of thiazole rings is 1. The topological polar surface area (TPSA) is 63.7 Å². The first-order valence-corrected chi connectivity index (χ1v) is 10.3. The lowest BCUT2D eigenvalue weighted by Gasteiger charge is -2.29. The number of amides is 1. The van der Waals surface area contributed by atoms with Crippen molar-refractivity contribution in [3.63, 3.8) is 0 Å². The fourth-order valence-electron chi connectivity index (χ4n) is 3.50. The molecule has 1 amide bonds. The quantitative estimate of drug-likeness (QED) is 0.667. The van der Waals surface area contributed by atoms with Crippen LogP contribution < -0.4 is 14.8 Å². The molecule has 4 rings (SSSR count). The molecule has 2 aromatic carbocycles. The third-order valence-electron chi connectivity index (χ3n) is 4.99. The summed E-state index contributed by atoms with van der Waals surface area (Å²) in [5.74, 6) is 1.39. The third kappa shape index (κ3) is 4.41. The average Bonchev–Trinajstić information content (AvgIpc) is 3.19. The largest absolute Gasteiger partial charge is 0.493 e. The summed E-state index contributed by atoms with van der Waals surface area (Å²) in [6.45, 7) is 2.52. The molecule has 0 bridgehead atoms. The summed E-state index contributed by atoms with van der Waals surface area (Å²) in [5.41, 5.74) is 4.14. The van der Waals surface area contributed by atoms with Crippen molar-refractivity contribution in [3.8, 4) is 11.5 Å². The van der Waals surface area contributed by atoms with Gasteiger partial charge >= 0.3 is 0 Å². The van der Waals surface area contributed by atoms with Gasteiger partial charge in [0.25, 0.3) is 5.91 Å². The Morgan fingerprint density at radius 3 is 2.59 bits per heavy atom. The Morgan fingerprint density at radius 2 is 1.86 bits per heavy atom. The van der Waals surface area contributed by atoms with Gasteiger partial charge in [0.1, 0.15) is 0 Å². The standard InChI is InChI=1S/C22H23N3O3S/c1-27-19-10-16-8-9-25(12-17(16)11-20(19)28-2)13-18-14-29-22(23-18)24-21(26)15-6-4-3-5-7-15/h3-7,10-11,14H,8-9,12-13H2,1-2H3,(H,23,24,26). The van der Waals surface area contributed by atoms with Crippen LogP contribution in [0.2, 0.25) is 0 Å². The van der Waals surface area contributed by atoms with E-state index in [0.717, 1.165) is 43.2 Å². The number of methoxy groups -OCH3 is 2. The molecule has 0 spiro atoms. The summed E-state index contributed by atoms with van der Waals surface area (Å²) in [4.78, 5) is 19.2. The molecule has 29 heavy (non-hydrogen) atoms. The van der Waals surface area contributed by atoms with Gasteiger partial charge in [-0.05, 0) is 41.8 Å². The Hall–Kier alpha value is -2.90. The van der Waals surface area contributed by atoms with Crippen LogP contribution in [0.15, 0.2) is 47.8 Å². The molecule has 3 aromatic rings. The number of benzene rings is 2. The first kappa shape index (κ1) is 19.4. The van der Waals surface area contributed by atoms with Crippen LogP contribution in [0.3, 0.4) is 0 Å². The maximum absolute atomic E-state index is 12.3. The lowest BCUT2D eigenvalue weighted by molar-refractivity contribution is 0.102. The Kier molecular flexibility index (Phi) is 5.78. The average molecular weight is 410 g/mol. The van der Waals surface area contributed by atoms with Crippen LogP contribution in [-0.4, -0.2) is 36.6 Å². The smallest absolute Gasteiger partial charge is 0.257 e. The second kappa shape index (κ2) is 8.63. The molecule has 0 saturated heterocycles. The van der Waals surface area contributed by atoms with Crippen molar-refractivity contribution in [2.75, 3.05) is 26.1 Å². The number of carbonyl (C=O) groups is 1. The van der Waals surface area contributed by atoms with Gasteiger partial charge in [-0.15, -0.1) is 11.3 Å². The SMILES string of the molecule is COc1cc2c(cc1OC)CN(Cc1csc(NC(=O)c3ccccc3)n1)CC2. The molecule has 1 aromatic heterocycles. The summed E-state index contributed by atoms with van der Waals surface area (Å²) >= 11 is 1.45. The zero-order valence-corrected chi connectivity index (χ0v) is 17.3. The highest BCUT2D eigenvalue weighted by atomic mass is 32.1. The van der Waals surface area contributed by atoms with Crippen LogP contribution in [0.25, 0.3) is 0 Å². The number of hydrogen-bond donors (Lipinski definition) is 1. The highest BCUT2D eigenvalue weighted by molar-refractivity contribution is 7.13. The van der Waals surface area contributed by atoms with E-state index in [-0.39, 0.29) is 5.91 Å². The zero-order chi connectivity index (χ0) is 20.2. The van der Waals surface area contributed by atoms with Crippen LogP contribution in [0, 0.1) is 0 Å². The van der Waals surface area contributed by atoms with Gasteiger partial charge in [0.15, 0.2) is 16.6 Å². The molecule has 0 fully saturated rings. The van der Waals surface area contributed by atoms with Crippen molar-refractivity contribution < 1.29 is 14.3 Å². The molecule has 0 aliphatic carbocycles. The van der Waals surface area contributed by atoms with Crippen LogP contribution in [0.4, 0.5) is 5.13 Å². The van der Waals surface area contributed by atoms with Gasteiger partial charge in [-0.25, -0.2) is 4.98 Å². The molecule has 1 N–H and O–H groups in total. The molecule has 0 unspecified atom stereocenters. The summed E-state index contributed by atoms with van der Waals surface area (Å²) in [5, 5.41) is 5.51. The lowest BCUT2D eigenvalue weighted by atomic mass is 9.98. The van der Waals surface area contributed by atoms with E-state index in [1.165, 1.54) is 22.5 Å². The van der Waals surface area contributed by atoms with Gasteiger partial charge in [-0.2, -0.15) is 0 Å². The van der Waals surface area contributed by atoms with Gasteiger partial charge in [0, 0.05) is 30.6 Å². The maximum atomic E-state index is 12.3. The zero-order valence-electron chi connectivity index (χ0n) is 16.5. The fraction of sp³-hybridized carbons (Fsp3) is 0.273. The van der Waals surface area contributed by atoms with Crippen molar-refractivity contribution in [1.29, 1.82) is 0 Å². The second-order valence-corrected chi connectivity index (χ2v) is 7.76. The molecular weight excluding hydrogens is 386 g/mol. The number of ether oxygens (including phenoxy) is 2. The summed E-state index contributed by atoms with van der Waals surface area (Å²) in [6, 6.07) is 13.3. The predicted octanol–water partition coefficient (Wildman–Crippen LogP) is 3.97. The van der Waals surface area contributed by atoms with E-state index in [9.17, 15) is 4.79 Å². The molecule has 0 saturated carbocycles. The summed E-state index contributed by atoms with van der Waals surface area (Å²) in [7, 11) is 3.32. The van der Waals surface area contributed by atoms with Crippen molar-refractivity contribution in [1.82, 2.24) is 9.88 Å². The van der Waals surface area contributed by atoms with E-state index in [2.05, 4.69) is 27.3 Å². The van der Waals surface area contributed by atoms with Crippen LogP contribution in [0.1, 0.15) is 27.2 Å². The van der Waals surface area contributed by atoms with Crippen LogP contribution in [-0.2, 0) is 19.5 Å². The van der Waals surface area contributed by atoms with Crippen molar-refractivity contribution >= 4 is 22.4 Å². The number of aromatic nitrogens is 1. The number of fused-ring (bicyclic) bond motifs is 1. The van der Waals surface area contributed by atoms with Gasteiger partial charge < -0.3 is 9.47 Å². The molecule has 0 radical (unpaired) electrons. The number of rotatable bonds is 6. The molecule has 7 heteroatoms. The Balaban J connectivity index is 1.40. The third-order valence-corrected chi connectivity index (χ3v) is 5.80. The summed E-state index contributed by atoms with van der Waals surface area (Å²) in [6.07, 6.45) is 0.956. The number of nitrogens with zero attached hydrogens (tertiary/aromatic N) is 2. The molecule has 6 nitrogen and oxygen atoms in total. The van der Waals surface area contributed by atoms with Crippen molar-refractivity contribution in [3.05, 3.63) is 70.2 Å². The van der Waals surface area contributed by atoms with Crippen molar-refractivity contribution in [2.45, 2.75) is 19.5 Å². The van der Waals surface area contributed by atoms with Gasteiger partial charge in [0.05, 0.1) is 19.9 Å². The predicted molar refractivity (Wildman–Crippen MR) is 114 cm³/mol. The Labute approximate surface area is 174 Å². The molecule has 1 aliphatic rings. The van der Waals surface area contributed by atoms with Crippen LogP contribution >= 0.6 is 11.3 Å². The van der Waals surface area contributed by atoms with Gasteiger partial charge in [-0.3, -0.25) is 15.0 Å². The van der Waals surface area contributed by atoms with Crippen LogP contribution in [0.5, 0.6) is 11.5 Å². The van der Waals surface area contributed by atoms with E-state index >= 15 is 0 Å². The summed E-state index contributed by atoms with van der Waals surface area (Å²) < 4.78 is 10.8. The first-order chi connectivity index (χ1) is 14.2. The van der Waals surface area contributed by atoms with Crippen molar-refractivity contribution in [2.24, 2.45) is 0 Å². The number of hydrogen-bond acceptors (Lipinski definition) is 6. The lowest BCUT2D eigenvalue weighted by Crippen LogP contribution is -2.30. The Bertz CT molecular complexity index is 1000. The molecule has 150 valence electrons. The number of nitrogens with one attached hydrogen (secondary N) is 1. The fourth-order valence-corrected chi connectivity index (χ4v) is 4.20. The maximum Gasteiger partial charge on any atom is 0.257 e. The van der Waals surface area contributed by atoms with E-state index in [1.807, 2.05) is 23.6 Å².